The lowest BCUT2D eigenvalue weighted by Crippen LogP contribution is -2.28. The van der Waals surface area contributed by atoms with Gasteiger partial charge in [-0.1, -0.05) is 6.92 Å². The number of rotatable bonds is 5. The van der Waals surface area contributed by atoms with Crippen LogP contribution in [0.1, 0.15) is 36.5 Å². The van der Waals surface area contributed by atoms with Crippen LogP contribution in [0, 0.1) is 0 Å². The Kier molecular flexibility index (Phi) is 4.15. The monoisotopic (exact) mass is 288 g/mol. The zero-order valence-electron chi connectivity index (χ0n) is 12.2. The average molecular weight is 288 g/mol. The van der Waals surface area contributed by atoms with E-state index in [4.69, 9.17) is 4.74 Å². The average Bonchev–Trinajstić information content (AvgIpc) is 2.93. The van der Waals surface area contributed by atoms with E-state index < -0.39 is 0 Å². The second-order valence-electron chi connectivity index (χ2n) is 5.34. The first kappa shape index (κ1) is 14.0. The molecule has 2 aromatic rings. The minimum absolute atomic E-state index is 0.331. The molecule has 0 spiro atoms. The molecule has 112 valence electrons. The van der Waals surface area contributed by atoms with Gasteiger partial charge in [-0.2, -0.15) is 5.10 Å². The van der Waals surface area contributed by atoms with Crippen molar-refractivity contribution in [2.24, 2.45) is 0 Å². The summed E-state index contributed by atoms with van der Waals surface area (Å²) in [5, 5.41) is 8.80. The zero-order chi connectivity index (χ0) is 14.7. The number of nitrogens with zero attached hydrogens (tertiary/aromatic N) is 3. The molecule has 0 aromatic carbocycles. The molecule has 0 atom stereocenters. The van der Waals surface area contributed by atoms with Crippen LogP contribution in [0.15, 0.2) is 12.4 Å². The summed E-state index contributed by atoms with van der Waals surface area (Å²) in [5.41, 5.74) is 2.27. The van der Waals surface area contributed by atoms with E-state index in [2.05, 4.69) is 22.3 Å². The Hall–Kier alpha value is -1.95. The summed E-state index contributed by atoms with van der Waals surface area (Å²) in [7, 11) is 0. The number of pyridine rings is 1. The number of fused-ring (bicyclic) bond motifs is 1. The minimum Gasteiger partial charge on any atom is -0.381 e. The van der Waals surface area contributed by atoms with Gasteiger partial charge in [-0.15, -0.1) is 0 Å². The molecule has 3 heterocycles. The fourth-order valence-electron chi connectivity index (χ4n) is 2.71. The van der Waals surface area contributed by atoms with Gasteiger partial charge in [0.15, 0.2) is 11.9 Å². The SMILES string of the molecule is CCCn1ncc2c(NC3CCOCC3)c(C=O)cnc21. The maximum Gasteiger partial charge on any atom is 0.159 e. The molecule has 0 aliphatic carbocycles. The highest BCUT2D eigenvalue weighted by Gasteiger charge is 2.18. The molecule has 0 saturated carbocycles. The number of anilines is 1. The van der Waals surface area contributed by atoms with Gasteiger partial charge in [-0.3, -0.25) is 4.79 Å². The minimum atomic E-state index is 0.331. The van der Waals surface area contributed by atoms with E-state index >= 15 is 0 Å². The van der Waals surface area contributed by atoms with Gasteiger partial charge in [0.2, 0.25) is 0 Å². The number of ether oxygens (including phenoxy) is 1. The van der Waals surface area contributed by atoms with E-state index in [0.717, 1.165) is 62.0 Å². The van der Waals surface area contributed by atoms with Crippen molar-refractivity contribution in [3.8, 4) is 0 Å². The topological polar surface area (TPSA) is 69.0 Å². The lowest BCUT2D eigenvalue weighted by molar-refractivity contribution is 0.0904. The molecule has 0 unspecified atom stereocenters. The number of aldehydes is 1. The second-order valence-corrected chi connectivity index (χ2v) is 5.34. The number of hydrogen-bond donors (Lipinski definition) is 1. The lowest BCUT2D eigenvalue weighted by Gasteiger charge is -2.25. The maximum absolute atomic E-state index is 11.3. The van der Waals surface area contributed by atoms with E-state index in [1.54, 1.807) is 12.4 Å². The van der Waals surface area contributed by atoms with Crippen LogP contribution in [0.4, 0.5) is 5.69 Å². The van der Waals surface area contributed by atoms with Gasteiger partial charge in [-0.25, -0.2) is 9.67 Å². The molecular weight excluding hydrogens is 268 g/mol. The summed E-state index contributed by atoms with van der Waals surface area (Å²) in [5.74, 6) is 0. The highest BCUT2D eigenvalue weighted by molar-refractivity contribution is 5.98. The number of hydrogen-bond acceptors (Lipinski definition) is 5. The third-order valence-electron chi connectivity index (χ3n) is 3.83. The van der Waals surface area contributed by atoms with Gasteiger partial charge < -0.3 is 10.1 Å². The van der Waals surface area contributed by atoms with Crippen LogP contribution >= 0.6 is 0 Å². The molecule has 0 radical (unpaired) electrons. The Morgan fingerprint density at radius 1 is 1.43 bits per heavy atom. The fraction of sp³-hybridized carbons (Fsp3) is 0.533. The van der Waals surface area contributed by atoms with Crippen LogP contribution in [0.2, 0.25) is 0 Å². The van der Waals surface area contributed by atoms with Gasteiger partial charge in [0.1, 0.15) is 0 Å². The Morgan fingerprint density at radius 2 is 2.24 bits per heavy atom. The van der Waals surface area contributed by atoms with Crippen LogP contribution in [-0.4, -0.2) is 40.3 Å². The number of aromatic nitrogens is 3. The normalized spacial score (nSPS) is 16.2. The summed E-state index contributed by atoms with van der Waals surface area (Å²) in [4.78, 5) is 15.7. The highest BCUT2D eigenvalue weighted by atomic mass is 16.5. The molecule has 6 nitrogen and oxygen atoms in total. The Bertz CT molecular complexity index is 632. The standard InChI is InChI=1S/C15H20N4O2/c1-2-5-19-15-13(9-17-19)14(11(10-20)8-16-15)18-12-3-6-21-7-4-12/h8-10,12H,2-7H2,1H3,(H,16,18). The van der Waals surface area contributed by atoms with Gasteiger partial charge in [0, 0.05) is 32.0 Å². The fourth-order valence-corrected chi connectivity index (χ4v) is 2.71. The second kappa shape index (κ2) is 6.22. The first-order chi connectivity index (χ1) is 10.3. The summed E-state index contributed by atoms with van der Waals surface area (Å²) >= 11 is 0. The molecule has 3 rings (SSSR count). The molecule has 1 saturated heterocycles. The van der Waals surface area contributed by atoms with E-state index in [9.17, 15) is 4.79 Å². The van der Waals surface area contributed by atoms with Gasteiger partial charge in [0.25, 0.3) is 0 Å². The Labute approximate surface area is 123 Å². The van der Waals surface area contributed by atoms with Crippen molar-refractivity contribution in [3.63, 3.8) is 0 Å². The first-order valence-electron chi connectivity index (χ1n) is 7.47. The quantitative estimate of drug-likeness (QED) is 0.855. The van der Waals surface area contributed by atoms with E-state index in [1.165, 1.54) is 0 Å². The molecule has 2 aromatic heterocycles. The van der Waals surface area contributed by atoms with Crippen LogP contribution in [-0.2, 0) is 11.3 Å². The number of aryl methyl sites for hydroxylation is 1. The molecule has 1 aliphatic rings. The van der Waals surface area contributed by atoms with Crippen LogP contribution in [0.25, 0.3) is 11.0 Å². The van der Waals surface area contributed by atoms with Gasteiger partial charge >= 0.3 is 0 Å². The van der Waals surface area contributed by atoms with Crippen molar-refractivity contribution < 1.29 is 9.53 Å². The van der Waals surface area contributed by atoms with Crippen molar-refractivity contribution in [1.82, 2.24) is 14.8 Å². The summed E-state index contributed by atoms with van der Waals surface area (Å²) in [6, 6.07) is 0.331. The van der Waals surface area contributed by atoms with E-state index in [1.807, 2.05) is 4.68 Å². The zero-order valence-corrected chi connectivity index (χ0v) is 12.2. The van der Waals surface area contributed by atoms with Crippen molar-refractivity contribution in [1.29, 1.82) is 0 Å². The molecule has 1 fully saturated rings. The van der Waals surface area contributed by atoms with Crippen LogP contribution in [0.5, 0.6) is 0 Å². The third-order valence-corrected chi connectivity index (χ3v) is 3.83. The Morgan fingerprint density at radius 3 is 2.95 bits per heavy atom. The molecule has 21 heavy (non-hydrogen) atoms. The molecule has 6 heteroatoms. The first-order valence-corrected chi connectivity index (χ1v) is 7.47. The number of carbonyl (C=O) groups is 1. The maximum atomic E-state index is 11.3. The molecular formula is C15H20N4O2. The smallest absolute Gasteiger partial charge is 0.159 e. The van der Waals surface area contributed by atoms with Crippen molar-refractivity contribution in [3.05, 3.63) is 18.0 Å². The Balaban J connectivity index is 1.98. The van der Waals surface area contributed by atoms with Crippen LogP contribution < -0.4 is 5.32 Å². The number of carbonyl (C=O) groups excluding carboxylic acids is 1. The summed E-state index contributed by atoms with van der Waals surface area (Å²) in [6.45, 7) is 4.46. The number of nitrogens with one attached hydrogen (secondary N) is 1. The van der Waals surface area contributed by atoms with Crippen molar-refractivity contribution in [2.75, 3.05) is 18.5 Å². The van der Waals surface area contributed by atoms with Crippen molar-refractivity contribution in [2.45, 2.75) is 38.8 Å². The highest BCUT2D eigenvalue weighted by Crippen LogP contribution is 2.27. The van der Waals surface area contributed by atoms with Gasteiger partial charge in [-0.05, 0) is 19.3 Å². The molecule has 0 bridgehead atoms. The van der Waals surface area contributed by atoms with E-state index in [0.29, 0.717) is 11.6 Å². The van der Waals surface area contributed by atoms with Crippen LogP contribution in [0.3, 0.4) is 0 Å². The third kappa shape index (κ3) is 2.76. The van der Waals surface area contributed by atoms with Crippen molar-refractivity contribution >= 4 is 23.0 Å². The molecule has 0 amide bonds. The predicted molar refractivity (Wildman–Crippen MR) is 80.7 cm³/mol. The molecule has 1 N–H and O–H groups in total. The largest absolute Gasteiger partial charge is 0.381 e. The van der Waals surface area contributed by atoms with Gasteiger partial charge in [0.05, 0.1) is 22.8 Å². The summed E-state index contributed by atoms with van der Waals surface area (Å²) in [6.07, 6.45) is 7.18. The molecule has 1 aliphatic heterocycles. The lowest BCUT2D eigenvalue weighted by atomic mass is 10.1. The van der Waals surface area contributed by atoms with E-state index in [-0.39, 0.29) is 0 Å². The summed E-state index contributed by atoms with van der Waals surface area (Å²) < 4.78 is 7.27. The predicted octanol–water partition coefficient (Wildman–Crippen LogP) is 2.24.